The van der Waals surface area contributed by atoms with E-state index in [-0.39, 0.29) is 0 Å². The molecule has 236 valence electrons. The van der Waals surface area contributed by atoms with Crippen LogP contribution in [0, 0.1) is 0 Å². The molecule has 0 radical (unpaired) electrons. The van der Waals surface area contributed by atoms with E-state index in [1.807, 2.05) is 0 Å². The Kier molecular flexibility index (Phi) is 8.46. The summed E-state index contributed by atoms with van der Waals surface area (Å²) in [5.74, 6) is -62.7. The third kappa shape index (κ3) is 4.78. The van der Waals surface area contributed by atoms with Crippen molar-refractivity contribution in [3.8, 4) is 0 Å². The van der Waals surface area contributed by atoms with Gasteiger partial charge in [0.05, 0.1) is 0 Å². The molecule has 39 heavy (non-hydrogen) atoms. The fourth-order valence-corrected chi connectivity index (χ4v) is 2.85. The van der Waals surface area contributed by atoms with Gasteiger partial charge in [-0.3, -0.25) is 0 Å². The standard InChI is InChI=1S/C11HF24NO2S/c12-1(13,3(16,17)5(20,21)8(26,27)28)2(14,15)4(18,19)6(22,23)11(34,35)39(37,38)36-10(32,33)7(24,25)9(29,30)31/h36H. The van der Waals surface area contributed by atoms with Crippen molar-refractivity contribution >= 4 is 10.0 Å². The summed E-state index contributed by atoms with van der Waals surface area (Å²) in [5, 5.41) is -8.78. The summed E-state index contributed by atoms with van der Waals surface area (Å²) in [4.78, 5) is 0. The summed E-state index contributed by atoms with van der Waals surface area (Å²) in [5.41, 5.74) is 0. The Morgan fingerprint density at radius 1 is 0.333 bits per heavy atom. The van der Waals surface area contributed by atoms with Crippen LogP contribution in [0.4, 0.5) is 105 Å². The Labute approximate surface area is 195 Å². The van der Waals surface area contributed by atoms with Crippen molar-refractivity contribution in [3.63, 3.8) is 0 Å². The number of sulfonamides is 1. The number of hydrogen-bond donors (Lipinski definition) is 1. The van der Waals surface area contributed by atoms with Gasteiger partial charge in [0.2, 0.25) is 0 Å². The Bertz CT molecular complexity index is 1020. The molecule has 0 heterocycles. The van der Waals surface area contributed by atoms with Gasteiger partial charge in [-0.1, -0.05) is 0 Å². The van der Waals surface area contributed by atoms with Crippen molar-refractivity contribution in [1.29, 1.82) is 0 Å². The maximum Gasteiger partial charge on any atom is 0.461 e. The van der Waals surface area contributed by atoms with E-state index in [2.05, 4.69) is 0 Å². The van der Waals surface area contributed by atoms with E-state index in [0.717, 1.165) is 0 Å². The molecule has 0 saturated carbocycles. The average Bonchev–Trinajstić information content (AvgIpc) is 2.63. The molecule has 0 bridgehead atoms. The second-order valence-corrected chi connectivity index (χ2v) is 8.44. The molecule has 0 atom stereocenters. The number of hydrogen-bond acceptors (Lipinski definition) is 2. The first-order valence-electron chi connectivity index (χ1n) is 7.78. The average molecular weight is 667 g/mol. The number of halogens is 24. The highest BCUT2D eigenvalue weighted by Gasteiger charge is 2.96. The van der Waals surface area contributed by atoms with Gasteiger partial charge in [-0.15, -0.1) is 4.72 Å². The molecule has 0 aliphatic carbocycles. The Balaban J connectivity index is 7.08. The van der Waals surface area contributed by atoms with E-state index in [1.54, 1.807) is 0 Å². The van der Waals surface area contributed by atoms with Gasteiger partial charge < -0.3 is 0 Å². The third-order valence-electron chi connectivity index (χ3n) is 4.04. The smallest absolute Gasteiger partial charge is 0.206 e. The van der Waals surface area contributed by atoms with Gasteiger partial charge in [0.25, 0.3) is 10.0 Å². The maximum absolute atomic E-state index is 13.5. The summed E-state index contributed by atoms with van der Waals surface area (Å²) in [6.45, 7) is 0. The molecule has 1 N–H and O–H groups in total. The summed E-state index contributed by atoms with van der Waals surface area (Å²) in [6.07, 6.45) is -15.8. The summed E-state index contributed by atoms with van der Waals surface area (Å²) in [6, 6.07) is -7.84. The molecule has 28 heteroatoms. The molecule has 0 amide bonds. The van der Waals surface area contributed by atoms with Gasteiger partial charge in [0, 0.05) is 0 Å². The second kappa shape index (κ2) is 8.86. The van der Waals surface area contributed by atoms with Crippen LogP contribution in [0.1, 0.15) is 0 Å². The van der Waals surface area contributed by atoms with Crippen LogP contribution in [0.15, 0.2) is 0 Å². The maximum atomic E-state index is 13.5. The largest absolute Gasteiger partial charge is 0.461 e. The van der Waals surface area contributed by atoms with E-state index in [1.165, 1.54) is 0 Å². The van der Waals surface area contributed by atoms with Crippen LogP contribution < -0.4 is 4.72 Å². The minimum atomic E-state index is -9.38. The lowest BCUT2D eigenvalue weighted by Gasteiger charge is -2.42. The highest BCUT2D eigenvalue weighted by molar-refractivity contribution is 7.90. The zero-order valence-corrected chi connectivity index (χ0v) is 17.1. The van der Waals surface area contributed by atoms with Gasteiger partial charge >= 0.3 is 65.1 Å². The predicted octanol–water partition coefficient (Wildman–Crippen LogP) is 6.66. The van der Waals surface area contributed by atoms with Gasteiger partial charge in [0.1, 0.15) is 0 Å². The fraction of sp³-hybridized carbons (Fsp3) is 1.00. The van der Waals surface area contributed by atoms with Crippen molar-refractivity contribution in [2.45, 2.75) is 65.1 Å². The first-order chi connectivity index (χ1) is 16.2. The van der Waals surface area contributed by atoms with Crippen LogP contribution in [0.25, 0.3) is 0 Å². The summed E-state index contributed by atoms with van der Waals surface area (Å²) >= 11 is 0. The number of rotatable bonds is 10. The van der Waals surface area contributed by atoms with Crippen molar-refractivity contribution in [2.24, 2.45) is 0 Å². The van der Waals surface area contributed by atoms with Crippen LogP contribution in [0.5, 0.6) is 0 Å². The monoisotopic (exact) mass is 667 g/mol. The second-order valence-electron chi connectivity index (χ2n) is 6.71. The molecular weight excluding hydrogens is 666 g/mol. The van der Waals surface area contributed by atoms with Crippen molar-refractivity contribution in [3.05, 3.63) is 0 Å². The lowest BCUT2D eigenvalue weighted by Crippen LogP contribution is -2.75. The molecule has 0 fully saturated rings. The molecule has 0 unspecified atom stereocenters. The summed E-state index contributed by atoms with van der Waals surface area (Å²) in [7, 11) is -9.13. The molecule has 0 rings (SSSR count). The highest BCUT2D eigenvalue weighted by atomic mass is 32.2. The molecule has 0 spiro atoms. The number of alkyl halides is 24. The first-order valence-corrected chi connectivity index (χ1v) is 9.26. The molecule has 0 aliphatic rings. The van der Waals surface area contributed by atoms with E-state index in [4.69, 9.17) is 0 Å². The van der Waals surface area contributed by atoms with Crippen LogP contribution in [0.3, 0.4) is 0 Å². The molecule has 0 aliphatic heterocycles. The van der Waals surface area contributed by atoms with Crippen molar-refractivity contribution in [2.75, 3.05) is 0 Å². The third-order valence-corrected chi connectivity index (χ3v) is 5.50. The zero-order chi connectivity index (χ0) is 32.7. The summed E-state index contributed by atoms with van der Waals surface area (Å²) < 4.78 is 328. The fourth-order valence-electron chi connectivity index (χ4n) is 1.79. The Morgan fingerprint density at radius 3 is 0.821 bits per heavy atom. The topological polar surface area (TPSA) is 46.2 Å². The predicted molar refractivity (Wildman–Crippen MR) is 68.7 cm³/mol. The number of nitrogens with one attached hydrogen (secondary N) is 1. The Morgan fingerprint density at radius 2 is 0.564 bits per heavy atom. The van der Waals surface area contributed by atoms with E-state index in [9.17, 15) is 114 Å². The molecule has 3 nitrogen and oxygen atoms in total. The lowest BCUT2D eigenvalue weighted by molar-refractivity contribution is -0.458. The van der Waals surface area contributed by atoms with Gasteiger partial charge in [-0.25, -0.2) is 8.42 Å². The molecular formula is C11HF24NO2S. The lowest BCUT2D eigenvalue weighted by atomic mass is 9.91. The quantitative estimate of drug-likeness (QED) is 0.209. The normalized spacial score (nSPS) is 17.0. The zero-order valence-electron chi connectivity index (χ0n) is 16.3. The SMILES string of the molecule is O=S(=O)(NC(F)(F)C(F)(F)C(F)(F)F)C(F)(F)C(F)(F)C(F)(F)C(F)(F)C(F)(F)C(F)(F)C(F)(F)C(F)(F)F. The van der Waals surface area contributed by atoms with Crippen molar-refractivity contribution in [1.82, 2.24) is 4.72 Å². The van der Waals surface area contributed by atoms with E-state index >= 15 is 0 Å². The molecule has 0 aromatic rings. The first kappa shape index (κ1) is 37.2. The minimum Gasteiger partial charge on any atom is -0.206 e. The van der Waals surface area contributed by atoms with Crippen LogP contribution >= 0.6 is 0 Å². The van der Waals surface area contributed by atoms with E-state index in [0.29, 0.717) is 0 Å². The van der Waals surface area contributed by atoms with Gasteiger partial charge in [-0.05, 0) is 0 Å². The molecule has 0 aromatic heterocycles. The van der Waals surface area contributed by atoms with Crippen molar-refractivity contribution < 1.29 is 114 Å². The highest BCUT2D eigenvalue weighted by Crippen LogP contribution is 2.64. The van der Waals surface area contributed by atoms with E-state index < -0.39 is 79.9 Å². The van der Waals surface area contributed by atoms with Crippen LogP contribution in [-0.4, -0.2) is 73.5 Å². The van der Waals surface area contributed by atoms with Crippen LogP contribution in [0.2, 0.25) is 0 Å². The minimum absolute atomic E-state index is 1.98. The van der Waals surface area contributed by atoms with Crippen LogP contribution in [-0.2, 0) is 10.0 Å². The molecule has 0 aromatic carbocycles. The van der Waals surface area contributed by atoms with Gasteiger partial charge in [0.15, 0.2) is 0 Å². The molecule has 0 saturated heterocycles. The Hall–Kier alpha value is -1.77. The van der Waals surface area contributed by atoms with Gasteiger partial charge in [-0.2, -0.15) is 105 Å².